The number of para-hydroxylation sites is 1. The Bertz CT molecular complexity index is 1120. The highest BCUT2D eigenvalue weighted by molar-refractivity contribution is 5.94. The molecular weight excluding hydrogens is 436 g/mol. The van der Waals surface area contributed by atoms with Crippen molar-refractivity contribution in [1.82, 2.24) is 29.8 Å². The van der Waals surface area contributed by atoms with Crippen LogP contribution < -0.4 is 14.2 Å². The van der Waals surface area contributed by atoms with E-state index < -0.39 is 0 Å². The second kappa shape index (κ2) is 11.0. The van der Waals surface area contributed by atoms with Crippen LogP contribution in [0.5, 0.6) is 17.2 Å². The molecule has 0 aliphatic carbocycles. The molecule has 34 heavy (non-hydrogen) atoms. The van der Waals surface area contributed by atoms with Crippen molar-refractivity contribution in [3.05, 3.63) is 59.7 Å². The molecule has 0 N–H and O–H groups in total. The summed E-state index contributed by atoms with van der Waals surface area (Å²) in [7, 11) is 5.41. The molecule has 2 aromatic heterocycles. The number of aryl methyl sites for hydroxylation is 1. The second-order valence-electron chi connectivity index (χ2n) is 8.23. The van der Waals surface area contributed by atoms with Crippen LogP contribution in [0.2, 0.25) is 0 Å². The largest absolute Gasteiger partial charge is 0.493 e. The van der Waals surface area contributed by atoms with E-state index in [0.29, 0.717) is 62.1 Å². The number of benzene rings is 1. The molecule has 10 nitrogen and oxygen atoms in total. The number of rotatable bonds is 1. The zero-order valence-electron chi connectivity index (χ0n) is 19.8. The van der Waals surface area contributed by atoms with Gasteiger partial charge < -0.3 is 24.0 Å². The Kier molecular flexibility index (Phi) is 7.58. The summed E-state index contributed by atoms with van der Waals surface area (Å²) in [6.45, 7) is 3.16. The Morgan fingerprint density at radius 3 is 2.79 bits per heavy atom. The van der Waals surface area contributed by atoms with Crippen LogP contribution in [0.15, 0.2) is 42.7 Å². The van der Waals surface area contributed by atoms with E-state index in [1.165, 1.54) is 0 Å². The van der Waals surface area contributed by atoms with Crippen LogP contribution >= 0.6 is 0 Å². The minimum atomic E-state index is -0.173. The van der Waals surface area contributed by atoms with Gasteiger partial charge in [-0.05, 0) is 25.2 Å². The Morgan fingerprint density at radius 2 is 1.94 bits per heavy atom. The van der Waals surface area contributed by atoms with Gasteiger partial charge in [-0.2, -0.15) is 0 Å². The Labute approximate surface area is 199 Å². The first-order valence-corrected chi connectivity index (χ1v) is 11.2. The number of aromatic nitrogens is 4. The Morgan fingerprint density at radius 1 is 1.06 bits per heavy atom. The van der Waals surface area contributed by atoms with E-state index >= 15 is 0 Å². The number of amides is 1. The fraction of sp³-hybridized carbons (Fsp3) is 0.417. The number of ether oxygens (including phenoxy) is 3. The summed E-state index contributed by atoms with van der Waals surface area (Å²) in [6, 6.07) is 9.38. The highest BCUT2D eigenvalue weighted by atomic mass is 16.5. The van der Waals surface area contributed by atoms with E-state index in [-0.39, 0.29) is 12.5 Å². The van der Waals surface area contributed by atoms with Crippen LogP contribution in [-0.4, -0.2) is 76.6 Å². The van der Waals surface area contributed by atoms with Crippen LogP contribution in [0.4, 0.5) is 0 Å². The van der Waals surface area contributed by atoms with Gasteiger partial charge in [0.1, 0.15) is 12.3 Å². The number of methoxy groups -OCH3 is 1. The third-order valence-electron chi connectivity index (χ3n) is 5.60. The van der Waals surface area contributed by atoms with E-state index in [4.69, 9.17) is 14.2 Å². The predicted molar refractivity (Wildman–Crippen MR) is 125 cm³/mol. The molecule has 0 fully saturated rings. The molecule has 0 atom stereocenters. The van der Waals surface area contributed by atoms with Gasteiger partial charge in [0.05, 0.1) is 19.9 Å². The van der Waals surface area contributed by atoms with Gasteiger partial charge in [-0.25, -0.2) is 4.98 Å². The lowest BCUT2D eigenvalue weighted by atomic mass is 10.1. The van der Waals surface area contributed by atoms with E-state index in [2.05, 4.69) is 20.2 Å². The standard InChI is InChI=1S/C24H30N6O4/c1-28-12-13-29(2)24(31)22-20(9-5-10-25-22)33-14-6-11-30-16-19(26-27-30)17-34-23-18(15-28)7-4-8-21(23)32-3/h4-5,7-10,16H,6,11-15,17H2,1-3H3. The summed E-state index contributed by atoms with van der Waals surface area (Å²) in [5.41, 5.74) is 2.03. The van der Waals surface area contributed by atoms with Gasteiger partial charge in [0.2, 0.25) is 0 Å². The number of fused-ring (bicyclic) bond motifs is 4. The maximum absolute atomic E-state index is 13.1. The number of likely N-dealkylation sites (N-methyl/N-ethyl adjacent to an activating group) is 2. The van der Waals surface area contributed by atoms with Gasteiger partial charge in [0.15, 0.2) is 22.9 Å². The molecule has 0 unspecified atom stereocenters. The molecular formula is C24H30N6O4. The SMILES string of the molecule is COc1cccc2c1OCc1cn(nn1)CCCOc1cccnc1C(=O)N(C)CCN(C)C2. The number of carbonyl (C=O) groups is 1. The van der Waals surface area contributed by atoms with Crippen molar-refractivity contribution in [2.45, 2.75) is 26.1 Å². The first-order chi connectivity index (χ1) is 16.5. The highest BCUT2D eigenvalue weighted by Crippen LogP contribution is 2.32. The zero-order valence-corrected chi connectivity index (χ0v) is 19.8. The minimum Gasteiger partial charge on any atom is -0.493 e. The molecule has 0 saturated carbocycles. The molecule has 2 bridgehead atoms. The van der Waals surface area contributed by atoms with Gasteiger partial charge in [-0.15, -0.1) is 5.10 Å². The van der Waals surface area contributed by atoms with Crippen LogP contribution in [-0.2, 0) is 19.7 Å². The monoisotopic (exact) mass is 466 g/mol. The molecule has 3 heterocycles. The lowest BCUT2D eigenvalue weighted by Gasteiger charge is -2.24. The first kappa shape index (κ1) is 23.5. The van der Waals surface area contributed by atoms with Crippen LogP contribution in [0.25, 0.3) is 0 Å². The Hall–Kier alpha value is -3.66. The zero-order chi connectivity index (χ0) is 23.9. The molecule has 0 saturated heterocycles. The molecule has 3 aromatic rings. The fourth-order valence-corrected chi connectivity index (χ4v) is 3.72. The first-order valence-electron chi connectivity index (χ1n) is 11.2. The predicted octanol–water partition coefficient (Wildman–Crippen LogP) is 2.25. The Balaban J connectivity index is 1.59. The number of nitrogens with zero attached hydrogens (tertiary/aromatic N) is 6. The average molecular weight is 467 g/mol. The lowest BCUT2D eigenvalue weighted by molar-refractivity contribution is 0.0770. The molecule has 1 aromatic carbocycles. The van der Waals surface area contributed by atoms with Crippen molar-refractivity contribution in [3.63, 3.8) is 0 Å². The van der Waals surface area contributed by atoms with Crippen molar-refractivity contribution in [2.75, 3.05) is 40.9 Å². The molecule has 180 valence electrons. The van der Waals surface area contributed by atoms with Crippen molar-refractivity contribution in [2.24, 2.45) is 0 Å². The average Bonchev–Trinajstić information content (AvgIpc) is 3.31. The third-order valence-corrected chi connectivity index (χ3v) is 5.60. The van der Waals surface area contributed by atoms with Crippen molar-refractivity contribution >= 4 is 5.91 Å². The van der Waals surface area contributed by atoms with E-state index in [1.54, 1.807) is 42.1 Å². The van der Waals surface area contributed by atoms with E-state index in [0.717, 1.165) is 11.3 Å². The maximum atomic E-state index is 13.1. The van der Waals surface area contributed by atoms with E-state index in [9.17, 15) is 4.79 Å². The van der Waals surface area contributed by atoms with Gasteiger partial charge >= 0.3 is 0 Å². The topological polar surface area (TPSA) is 94.8 Å². The van der Waals surface area contributed by atoms with Crippen LogP contribution in [0.1, 0.15) is 28.2 Å². The number of hydrogen-bond donors (Lipinski definition) is 0. The van der Waals surface area contributed by atoms with Gasteiger partial charge in [0.25, 0.3) is 5.91 Å². The number of carbonyl (C=O) groups excluding carboxylic acids is 1. The smallest absolute Gasteiger partial charge is 0.276 e. The molecule has 1 aliphatic rings. The summed E-state index contributed by atoms with van der Waals surface area (Å²) < 4.78 is 19.3. The van der Waals surface area contributed by atoms with Gasteiger partial charge in [-0.1, -0.05) is 17.3 Å². The quantitative estimate of drug-likeness (QED) is 0.539. The number of pyridine rings is 1. The third kappa shape index (κ3) is 5.63. The molecule has 10 heteroatoms. The second-order valence-corrected chi connectivity index (χ2v) is 8.23. The summed E-state index contributed by atoms with van der Waals surface area (Å²) in [6.07, 6.45) is 4.17. The molecule has 0 spiro atoms. The normalized spacial score (nSPS) is 16.2. The fourth-order valence-electron chi connectivity index (χ4n) is 3.72. The molecule has 1 amide bonds. The molecule has 1 aliphatic heterocycles. The van der Waals surface area contributed by atoms with Crippen molar-refractivity contribution in [1.29, 1.82) is 0 Å². The number of hydrogen-bond acceptors (Lipinski definition) is 8. The summed E-state index contributed by atoms with van der Waals surface area (Å²) in [5, 5.41) is 8.40. The highest BCUT2D eigenvalue weighted by Gasteiger charge is 2.20. The lowest BCUT2D eigenvalue weighted by Crippen LogP contribution is -2.35. The minimum absolute atomic E-state index is 0.173. The van der Waals surface area contributed by atoms with Crippen LogP contribution in [0.3, 0.4) is 0 Å². The van der Waals surface area contributed by atoms with Gasteiger partial charge in [0, 0.05) is 51.4 Å². The summed E-state index contributed by atoms with van der Waals surface area (Å²) >= 11 is 0. The molecule has 0 radical (unpaired) electrons. The van der Waals surface area contributed by atoms with Crippen LogP contribution in [0, 0.1) is 0 Å². The summed E-state index contributed by atoms with van der Waals surface area (Å²) in [5.74, 6) is 1.66. The van der Waals surface area contributed by atoms with Gasteiger partial charge in [-0.3, -0.25) is 9.48 Å². The summed E-state index contributed by atoms with van der Waals surface area (Å²) in [4.78, 5) is 21.1. The maximum Gasteiger partial charge on any atom is 0.276 e. The van der Waals surface area contributed by atoms with Crippen molar-refractivity contribution < 1.29 is 19.0 Å². The van der Waals surface area contributed by atoms with Crippen molar-refractivity contribution in [3.8, 4) is 17.2 Å². The molecule has 4 rings (SSSR count). The van der Waals surface area contributed by atoms with E-state index in [1.807, 2.05) is 31.4 Å².